The van der Waals surface area contributed by atoms with Gasteiger partial charge in [-0.15, -0.1) is 11.8 Å². The molecule has 1 fully saturated rings. The van der Waals surface area contributed by atoms with Crippen molar-refractivity contribution < 1.29 is 24.1 Å². The molecule has 218 valence electrons. The Kier molecular flexibility index (Phi) is 9.97. The van der Waals surface area contributed by atoms with Crippen LogP contribution in [0.15, 0.2) is 102 Å². The normalized spacial score (nSPS) is 20.2. The van der Waals surface area contributed by atoms with Crippen molar-refractivity contribution in [1.82, 2.24) is 5.32 Å². The summed E-state index contributed by atoms with van der Waals surface area (Å²) in [5, 5.41) is 12.4. The minimum absolute atomic E-state index is 0.00770. The predicted octanol–water partition coefficient (Wildman–Crippen LogP) is 7.07. The average Bonchev–Trinajstić information content (AvgIpc) is 3.03. The molecule has 0 aromatic heterocycles. The van der Waals surface area contributed by atoms with Gasteiger partial charge in [0.2, 0.25) is 5.91 Å². The lowest BCUT2D eigenvalue weighted by molar-refractivity contribution is -0.268. The van der Waals surface area contributed by atoms with Crippen LogP contribution in [0.4, 0.5) is 0 Å². The summed E-state index contributed by atoms with van der Waals surface area (Å²) in [6, 6.07) is 32.5. The molecule has 0 unspecified atom stereocenters. The molecule has 6 nitrogen and oxygen atoms in total. The van der Waals surface area contributed by atoms with Crippen LogP contribution in [-0.4, -0.2) is 30.0 Å². The van der Waals surface area contributed by atoms with Gasteiger partial charge < -0.3 is 24.6 Å². The van der Waals surface area contributed by atoms with Gasteiger partial charge in [-0.2, -0.15) is 0 Å². The second kappa shape index (κ2) is 14.0. The Morgan fingerprint density at radius 1 is 0.881 bits per heavy atom. The number of hydrogen-bond acceptors (Lipinski definition) is 6. The third kappa shape index (κ3) is 7.23. The van der Waals surface area contributed by atoms with Gasteiger partial charge in [-0.25, -0.2) is 0 Å². The van der Waals surface area contributed by atoms with Crippen molar-refractivity contribution in [1.29, 1.82) is 0 Å². The summed E-state index contributed by atoms with van der Waals surface area (Å²) in [6.07, 6.45) is -0.789. The van der Waals surface area contributed by atoms with Crippen molar-refractivity contribution in [2.45, 2.75) is 50.4 Å². The average molecular weight is 584 g/mol. The van der Waals surface area contributed by atoms with Gasteiger partial charge in [0.25, 0.3) is 0 Å². The molecule has 1 amide bonds. The molecule has 1 heterocycles. The summed E-state index contributed by atoms with van der Waals surface area (Å²) in [6.45, 7) is 4.20. The number of carbonyl (C=O) groups is 1. The number of methoxy groups -OCH3 is 1. The molecule has 1 aliphatic rings. The van der Waals surface area contributed by atoms with E-state index in [1.54, 1.807) is 18.9 Å². The largest absolute Gasteiger partial charge is 0.496 e. The van der Waals surface area contributed by atoms with E-state index in [1.165, 1.54) is 6.92 Å². The topological polar surface area (TPSA) is 77.0 Å². The Morgan fingerprint density at radius 3 is 2.33 bits per heavy atom. The third-order valence-electron chi connectivity index (χ3n) is 7.58. The van der Waals surface area contributed by atoms with Gasteiger partial charge in [0.15, 0.2) is 6.29 Å². The smallest absolute Gasteiger partial charge is 0.217 e. The molecule has 2 N–H and O–H groups in total. The van der Waals surface area contributed by atoms with Crippen molar-refractivity contribution >= 4 is 17.7 Å². The van der Waals surface area contributed by atoms with Crippen molar-refractivity contribution in [3.05, 3.63) is 119 Å². The van der Waals surface area contributed by atoms with Crippen LogP contribution in [0.25, 0.3) is 11.1 Å². The van der Waals surface area contributed by atoms with Gasteiger partial charge >= 0.3 is 0 Å². The van der Waals surface area contributed by atoms with E-state index in [0.717, 1.165) is 49.8 Å². The zero-order valence-corrected chi connectivity index (χ0v) is 25.0. The molecule has 5 rings (SSSR count). The standard InChI is InChI=1S/C35H37NO5S/c1-23-32(22-42-33-10-5-4-9-31(33)39-3)40-35(41-34(23)28-13-11-25(21-37)12-14-28)29-17-15-27(16-18-29)30-8-6-7-26(19-30)20-36-24(2)38/h4-19,23,32,34-35,37H,20-22H2,1-3H3,(H,36,38)/t23-,32+,34+,35+/m1/s1. The molecule has 0 bridgehead atoms. The molecular formula is C35H37NO5S. The van der Waals surface area contributed by atoms with Crippen LogP contribution in [0.1, 0.15) is 48.5 Å². The Balaban J connectivity index is 1.38. The highest BCUT2D eigenvalue weighted by Crippen LogP contribution is 2.44. The first-order valence-electron chi connectivity index (χ1n) is 14.2. The van der Waals surface area contributed by atoms with Crippen LogP contribution in [0, 0.1) is 5.92 Å². The second-order valence-electron chi connectivity index (χ2n) is 10.5. The van der Waals surface area contributed by atoms with Crippen molar-refractivity contribution in [2.75, 3.05) is 12.9 Å². The number of carbonyl (C=O) groups excluding carboxylic acids is 1. The first-order valence-corrected chi connectivity index (χ1v) is 15.1. The van der Waals surface area contributed by atoms with Crippen LogP contribution in [-0.2, 0) is 27.4 Å². The lowest BCUT2D eigenvalue weighted by Gasteiger charge is -2.41. The Labute approximate surface area is 252 Å². The first-order chi connectivity index (χ1) is 20.4. The van der Waals surface area contributed by atoms with Crippen LogP contribution < -0.4 is 10.1 Å². The number of benzene rings is 4. The van der Waals surface area contributed by atoms with Crippen molar-refractivity contribution in [3.63, 3.8) is 0 Å². The van der Waals surface area contributed by atoms with Crippen molar-refractivity contribution in [2.24, 2.45) is 5.92 Å². The highest BCUT2D eigenvalue weighted by molar-refractivity contribution is 7.99. The predicted molar refractivity (Wildman–Crippen MR) is 166 cm³/mol. The molecule has 42 heavy (non-hydrogen) atoms. The van der Waals surface area contributed by atoms with Crippen LogP contribution >= 0.6 is 11.8 Å². The number of thioether (sulfide) groups is 1. The quantitative estimate of drug-likeness (QED) is 0.195. The fourth-order valence-corrected chi connectivity index (χ4v) is 6.33. The SMILES string of the molecule is COc1ccccc1SC[C@@H]1O[C@H](c2ccc(-c3cccc(CNC(C)=O)c3)cc2)O[C@H](c2ccc(CO)cc2)[C@@H]1C. The maximum atomic E-state index is 11.3. The van der Waals surface area contributed by atoms with E-state index in [-0.39, 0.29) is 30.6 Å². The molecule has 1 aliphatic heterocycles. The number of ether oxygens (including phenoxy) is 3. The first kappa shape index (κ1) is 29.9. The molecule has 4 atom stereocenters. The maximum Gasteiger partial charge on any atom is 0.217 e. The zero-order valence-electron chi connectivity index (χ0n) is 24.2. The Bertz CT molecular complexity index is 1470. The lowest BCUT2D eigenvalue weighted by atomic mass is 9.91. The Morgan fingerprint density at radius 2 is 1.62 bits per heavy atom. The van der Waals surface area contributed by atoms with E-state index in [2.05, 4.69) is 54.7 Å². The molecule has 4 aromatic carbocycles. The number of aliphatic hydroxyl groups excluding tert-OH is 1. The van der Waals surface area contributed by atoms with E-state index in [1.807, 2.05) is 54.6 Å². The van der Waals surface area contributed by atoms with E-state index in [0.29, 0.717) is 6.54 Å². The summed E-state index contributed by atoms with van der Waals surface area (Å²) < 4.78 is 18.8. The van der Waals surface area contributed by atoms with E-state index in [9.17, 15) is 9.90 Å². The van der Waals surface area contributed by atoms with Gasteiger partial charge in [0.05, 0.1) is 25.9 Å². The van der Waals surface area contributed by atoms with Gasteiger partial charge in [-0.05, 0) is 46.0 Å². The third-order valence-corrected chi connectivity index (χ3v) is 8.72. The number of rotatable bonds is 10. The van der Waals surface area contributed by atoms with Gasteiger partial charge in [0, 0.05) is 35.6 Å². The summed E-state index contributed by atoms with van der Waals surface area (Å²) in [5.41, 5.74) is 6.08. The molecule has 0 spiro atoms. The van der Waals surface area contributed by atoms with E-state index < -0.39 is 6.29 Å². The summed E-state index contributed by atoms with van der Waals surface area (Å²) >= 11 is 1.72. The number of aliphatic hydroxyl groups is 1. The lowest BCUT2D eigenvalue weighted by Crippen LogP contribution is -2.38. The minimum atomic E-state index is -0.535. The number of amides is 1. The van der Waals surface area contributed by atoms with Gasteiger partial charge in [-0.3, -0.25) is 4.79 Å². The number of hydrogen-bond donors (Lipinski definition) is 2. The molecule has 0 saturated carbocycles. The van der Waals surface area contributed by atoms with Crippen molar-refractivity contribution in [3.8, 4) is 16.9 Å². The minimum Gasteiger partial charge on any atom is -0.496 e. The van der Waals surface area contributed by atoms with E-state index >= 15 is 0 Å². The molecule has 0 radical (unpaired) electrons. The molecular weight excluding hydrogens is 546 g/mol. The fraction of sp³-hybridized carbons (Fsp3) is 0.286. The van der Waals surface area contributed by atoms with Gasteiger partial charge in [0.1, 0.15) is 5.75 Å². The summed E-state index contributed by atoms with van der Waals surface area (Å²) in [5.74, 6) is 1.64. The Hall–Kier alpha value is -3.62. The van der Waals surface area contributed by atoms with Gasteiger partial charge in [-0.1, -0.05) is 85.8 Å². The zero-order chi connectivity index (χ0) is 29.5. The van der Waals surface area contributed by atoms with Crippen LogP contribution in [0.3, 0.4) is 0 Å². The summed E-state index contributed by atoms with van der Waals surface area (Å²) in [4.78, 5) is 12.4. The highest BCUT2D eigenvalue weighted by atomic mass is 32.2. The summed E-state index contributed by atoms with van der Waals surface area (Å²) in [7, 11) is 1.69. The van der Waals surface area contributed by atoms with Crippen LogP contribution in [0.5, 0.6) is 5.75 Å². The number of para-hydroxylation sites is 1. The maximum absolute atomic E-state index is 11.3. The molecule has 4 aromatic rings. The fourth-order valence-electron chi connectivity index (χ4n) is 5.14. The monoisotopic (exact) mass is 583 g/mol. The second-order valence-corrected chi connectivity index (χ2v) is 11.6. The molecule has 7 heteroatoms. The van der Waals surface area contributed by atoms with Crippen LogP contribution in [0.2, 0.25) is 0 Å². The number of nitrogens with one attached hydrogen (secondary N) is 1. The molecule has 1 saturated heterocycles. The highest BCUT2D eigenvalue weighted by Gasteiger charge is 2.38. The molecule has 0 aliphatic carbocycles. The van der Waals surface area contributed by atoms with E-state index in [4.69, 9.17) is 14.2 Å².